The van der Waals surface area contributed by atoms with Gasteiger partial charge in [-0.2, -0.15) is 0 Å². The van der Waals surface area contributed by atoms with Gasteiger partial charge in [0.1, 0.15) is 30.3 Å². The number of rotatable bonds is 6. The summed E-state index contributed by atoms with van der Waals surface area (Å²) in [5.74, 6) is 1.64. The maximum absolute atomic E-state index is 11.5. The summed E-state index contributed by atoms with van der Waals surface area (Å²) < 4.78 is 17.8. The van der Waals surface area contributed by atoms with Crippen molar-refractivity contribution < 1.29 is 19.0 Å². The number of carbonyl (C=O) groups excluding carboxylic acids is 1. The number of pyridine rings is 1. The van der Waals surface area contributed by atoms with Gasteiger partial charge in [0.15, 0.2) is 6.23 Å². The lowest BCUT2D eigenvalue weighted by Crippen LogP contribution is -2.28. The first kappa shape index (κ1) is 20.8. The molecule has 7 nitrogen and oxygen atoms in total. The fourth-order valence-corrected chi connectivity index (χ4v) is 4.01. The van der Waals surface area contributed by atoms with Gasteiger partial charge in [-0.25, -0.2) is 0 Å². The van der Waals surface area contributed by atoms with Crippen molar-refractivity contribution in [1.82, 2.24) is 9.88 Å². The Kier molecular flexibility index (Phi) is 5.76. The highest BCUT2D eigenvalue weighted by atomic mass is 35.5. The van der Waals surface area contributed by atoms with E-state index in [2.05, 4.69) is 9.88 Å². The summed E-state index contributed by atoms with van der Waals surface area (Å²) in [5.41, 5.74) is 1.81. The Morgan fingerprint density at radius 3 is 2.81 bits per heavy atom. The van der Waals surface area contributed by atoms with Crippen LogP contribution < -0.4 is 9.64 Å². The van der Waals surface area contributed by atoms with Crippen molar-refractivity contribution in [2.75, 3.05) is 18.0 Å². The molecule has 4 heterocycles. The first-order valence-electron chi connectivity index (χ1n) is 10.6. The van der Waals surface area contributed by atoms with E-state index in [4.69, 9.17) is 25.8 Å². The fourth-order valence-electron chi connectivity index (χ4n) is 3.90. The van der Waals surface area contributed by atoms with Crippen LogP contribution in [0.25, 0.3) is 0 Å². The van der Waals surface area contributed by atoms with Crippen LogP contribution in [0, 0.1) is 0 Å². The van der Waals surface area contributed by atoms with Crippen molar-refractivity contribution >= 4 is 23.2 Å². The molecule has 1 aromatic carbocycles. The number of hydrogen-bond donors (Lipinski definition) is 0. The summed E-state index contributed by atoms with van der Waals surface area (Å²) in [6.45, 7) is 3.35. The Morgan fingerprint density at radius 2 is 2.09 bits per heavy atom. The van der Waals surface area contributed by atoms with E-state index in [1.165, 1.54) is 0 Å². The number of allylic oxidation sites excluding steroid dienone is 1. The van der Waals surface area contributed by atoms with E-state index in [0.717, 1.165) is 35.9 Å². The number of epoxide rings is 1. The van der Waals surface area contributed by atoms with Gasteiger partial charge in [-0.3, -0.25) is 9.78 Å². The van der Waals surface area contributed by atoms with Crippen LogP contribution in [0.15, 0.2) is 66.7 Å². The normalized spacial score (nSPS) is 23.9. The molecule has 3 atom stereocenters. The van der Waals surface area contributed by atoms with Crippen LogP contribution in [0.5, 0.6) is 5.75 Å². The maximum Gasteiger partial charge on any atom is 0.219 e. The lowest BCUT2D eigenvalue weighted by molar-refractivity contribution is -0.128. The van der Waals surface area contributed by atoms with Gasteiger partial charge in [0.2, 0.25) is 5.91 Å². The highest BCUT2D eigenvalue weighted by Crippen LogP contribution is 2.36. The number of halogens is 1. The molecule has 8 heteroatoms. The van der Waals surface area contributed by atoms with Gasteiger partial charge in [-0.1, -0.05) is 11.6 Å². The zero-order valence-corrected chi connectivity index (χ0v) is 18.4. The minimum Gasteiger partial charge on any atom is -0.489 e. The largest absolute Gasteiger partial charge is 0.489 e. The van der Waals surface area contributed by atoms with E-state index < -0.39 is 0 Å². The monoisotopic (exact) mass is 453 g/mol. The predicted octanol–water partition coefficient (Wildman–Crippen LogP) is 3.89. The second-order valence-electron chi connectivity index (χ2n) is 8.03. The number of benzene rings is 1. The lowest BCUT2D eigenvalue weighted by Gasteiger charge is -2.19. The molecule has 0 bridgehead atoms. The Bertz CT molecular complexity index is 1040. The zero-order chi connectivity index (χ0) is 22.1. The molecule has 166 valence electrons. The summed E-state index contributed by atoms with van der Waals surface area (Å²) in [6, 6.07) is 11.6. The summed E-state index contributed by atoms with van der Waals surface area (Å²) in [7, 11) is 0. The van der Waals surface area contributed by atoms with Gasteiger partial charge < -0.3 is 24.0 Å². The van der Waals surface area contributed by atoms with Crippen molar-refractivity contribution in [3.05, 3.63) is 77.4 Å². The molecular formula is C24H24ClN3O4. The van der Waals surface area contributed by atoms with Crippen molar-refractivity contribution in [3.63, 3.8) is 0 Å². The molecule has 2 unspecified atom stereocenters. The summed E-state index contributed by atoms with van der Waals surface area (Å²) in [6.07, 6.45) is 8.32. The van der Waals surface area contributed by atoms with Crippen LogP contribution in [0.2, 0.25) is 5.02 Å². The third kappa shape index (κ3) is 4.74. The van der Waals surface area contributed by atoms with Crippen molar-refractivity contribution in [2.45, 2.75) is 38.4 Å². The fraction of sp³-hybridized carbons (Fsp3) is 0.333. The van der Waals surface area contributed by atoms with Crippen LogP contribution in [0.3, 0.4) is 0 Å². The number of fused-ring (bicyclic) bond motifs is 1. The van der Waals surface area contributed by atoms with E-state index in [0.29, 0.717) is 18.2 Å². The standard InChI is InChI=1S/C24H24ClN3O4/c1-16(29)27-10-8-22(14-27)31-20-6-4-19(5-7-20)28-11-9-21(12-23-24(28)32-23)30-15-18-3-2-17(25)13-26-18/h2-7,9,11-13,22-24H,8,10,14-15H2,1H3/t22-,23?,24?/m1/s1. The highest BCUT2D eigenvalue weighted by molar-refractivity contribution is 6.30. The molecule has 5 rings (SSSR count). The van der Waals surface area contributed by atoms with Gasteiger partial charge >= 0.3 is 0 Å². The molecule has 2 saturated heterocycles. The first-order valence-corrected chi connectivity index (χ1v) is 11.0. The van der Waals surface area contributed by atoms with Gasteiger partial charge in [-0.05, 0) is 48.6 Å². The highest BCUT2D eigenvalue weighted by Gasteiger charge is 2.43. The minimum absolute atomic E-state index is 0.0230. The third-order valence-corrected chi connectivity index (χ3v) is 5.93. The van der Waals surface area contributed by atoms with Crippen molar-refractivity contribution in [2.24, 2.45) is 0 Å². The average molecular weight is 454 g/mol. The molecule has 3 aliphatic rings. The van der Waals surface area contributed by atoms with Crippen LogP contribution >= 0.6 is 11.6 Å². The molecule has 0 spiro atoms. The quantitative estimate of drug-likeness (QED) is 0.618. The molecular weight excluding hydrogens is 430 g/mol. The number of ether oxygens (including phenoxy) is 3. The second kappa shape index (κ2) is 8.84. The maximum atomic E-state index is 11.5. The van der Waals surface area contributed by atoms with Gasteiger partial charge in [0.25, 0.3) is 0 Å². The molecule has 0 radical (unpaired) electrons. The number of aromatic nitrogens is 1. The number of carbonyl (C=O) groups is 1. The molecule has 2 fully saturated rings. The van der Waals surface area contributed by atoms with Crippen LogP contribution in [0.1, 0.15) is 19.0 Å². The minimum atomic E-state index is -0.0493. The SMILES string of the molecule is CC(=O)N1CC[C@@H](Oc2ccc(N3C=CC(OCc4ccc(Cl)cn4)=CC4OC43)cc2)C1. The molecule has 32 heavy (non-hydrogen) atoms. The molecule has 0 saturated carbocycles. The first-order chi connectivity index (χ1) is 15.5. The molecule has 0 N–H and O–H groups in total. The number of hydrogen-bond acceptors (Lipinski definition) is 6. The van der Waals surface area contributed by atoms with Gasteiger partial charge in [-0.15, -0.1) is 0 Å². The van der Waals surface area contributed by atoms with Crippen LogP contribution in [-0.4, -0.2) is 47.3 Å². The Labute approximate surface area is 191 Å². The second-order valence-corrected chi connectivity index (χ2v) is 8.46. The predicted molar refractivity (Wildman–Crippen MR) is 120 cm³/mol. The Morgan fingerprint density at radius 1 is 1.25 bits per heavy atom. The molecule has 2 aromatic rings. The van der Waals surface area contributed by atoms with Gasteiger partial charge in [0, 0.05) is 38.0 Å². The topological polar surface area (TPSA) is 67.4 Å². The van der Waals surface area contributed by atoms with E-state index in [-0.39, 0.29) is 24.3 Å². The summed E-state index contributed by atoms with van der Waals surface area (Å²) in [4.78, 5) is 19.7. The lowest BCUT2D eigenvalue weighted by atomic mass is 10.2. The van der Waals surface area contributed by atoms with E-state index in [1.807, 2.05) is 53.6 Å². The van der Waals surface area contributed by atoms with Crippen LogP contribution in [0.4, 0.5) is 5.69 Å². The Balaban J connectivity index is 1.19. The number of nitrogens with zero attached hydrogens (tertiary/aromatic N) is 3. The molecule has 1 aromatic heterocycles. The van der Waals surface area contributed by atoms with E-state index in [1.54, 1.807) is 19.2 Å². The molecule has 0 aliphatic carbocycles. The summed E-state index contributed by atoms with van der Waals surface area (Å²) in [5, 5.41) is 0.602. The Hall–Kier alpha value is -3.03. The van der Waals surface area contributed by atoms with Gasteiger partial charge in [0.05, 0.1) is 17.3 Å². The zero-order valence-electron chi connectivity index (χ0n) is 17.7. The third-order valence-electron chi connectivity index (χ3n) is 5.71. The number of likely N-dealkylation sites (tertiary alicyclic amines) is 1. The van der Waals surface area contributed by atoms with Crippen molar-refractivity contribution in [3.8, 4) is 5.75 Å². The average Bonchev–Trinajstić information content (AvgIpc) is 3.42. The van der Waals surface area contributed by atoms with Crippen LogP contribution in [-0.2, 0) is 20.9 Å². The number of anilines is 1. The van der Waals surface area contributed by atoms with E-state index >= 15 is 0 Å². The van der Waals surface area contributed by atoms with Crippen molar-refractivity contribution in [1.29, 1.82) is 0 Å². The number of amides is 1. The molecule has 1 amide bonds. The molecule has 3 aliphatic heterocycles. The summed E-state index contributed by atoms with van der Waals surface area (Å²) >= 11 is 5.88. The van der Waals surface area contributed by atoms with E-state index in [9.17, 15) is 4.79 Å². The smallest absolute Gasteiger partial charge is 0.219 e.